The Morgan fingerprint density at radius 2 is 1.81 bits per heavy atom. The Morgan fingerprint density at radius 1 is 1.13 bits per heavy atom. The number of aryl methyl sites for hydroxylation is 1. The second-order valence-electron chi connectivity index (χ2n) is 7.71. The minimum Gasteiger partial charge on any atom is -0.383 e. The Kier molecular flexibility index (Phi) is 7.75. The van der Waals surface area contributed by atoms with E-state index in [2.05, 4.69) is 15.3 Å². The molecule has 0 atom stereocenters. The fourth-order valence-electron chi connectivity index (χ4n) is 3.73. The molecule has 8 nitrogen and oxygen atoms in total. The average molecular weight is 432 g/mol. The quantitative estimate of drug-likeness (QED) is 0.633. The van der Waals surface area contributed by atoms with E-state index < -0.39 is 0 Å². The molecular formula is C22H30FN5O3. The van der Waals surface area contributed by atoms with Crippen LogP contribution in [-0.4, -0.2) is 84.4 Å². The third kappa shape index (κ3) is 5.89. The SMILES string of the molecule is COCCNC(=O)CN1CCN(C(=O)Cc2c(C)nn(-c3ccc(F)cc3)c2C)CC1. The molecule has 0 aliphatic carbocycles. The maximum atomic E-state index is 13.2. The van der Waals surface area contributed by atoms with Gasteiger partial charge in [-0.2, -0.15) is 5.10 Å². The molecular weight excluding hydrogens is 401 g/mol. The van der Waals surface area contributed by atoms with Crippen LogP contribution in [0.4, 0.5) is 4.39 Å². The highest BCUT2D eigenvalue weighted by Gasteiger charge is 2.24. The van der Waals surface area contributed by atoms with E-state index >= 15 is 0 Å². The van der Waals surface area contributed by atoms with Gasteiger partial charge < -0.3 is 15.0 Å². The summed E-state index contributed by atoms with van der Waals surface area (Å²) in [5.41, 5.74) is 3.33. The average Bonchev–Trinajstić information content (AvgIpc) is 3.03. The zero-order valence-corrected chi connectivity index (χ0v) is 18.4. The first-order valence-electron chi connectivity index (χ1n) is 10.5. The van der Waals surface area contributed by atoms with Gasteiger partial charge in [-0.25, -0.2) is 9.07 Å². The Hall–Kier alpha value is -2.78. The first-order valence-corrected chi connectivity index (χ1v) is 10.5. The normalized spacial score (nSPS) is 14.6. The first kappa shape index (κ1) is 22.9. The lowest BCUT2D eigenvalue weighted by Gasteiger charge is -2.34. The Balaban J connectivity index is 1.54. The molecule has 2 amide bonds. The van der Waals surface area contributed by atoms with Crippen molar-refractivity contribution in [2.75, 3.05) is 53.0 Å². The van der Waals surface area contributed by atoms with Crippen LogP contribution in [0.15, 0.2) is 24.3 Å². The molecule has 9 heteroatoms. The van der Waals surface area contributed by atoms with Crippen LogP contribution in [-0.2, 0) is 20.7 Å². The van der Waals surface area contributed by atoms with Gasteiger partial charge in [0.15, 0.2) is 0 Å². The van der Waals surface area contributed by atoms with Crippen molar-refractivity contribution in [2.24, 2.45) is 0 Å². The summed E-state index contributed by atoms with van der Waals surface area (Å²) in [7, 11) is 1.60. The van der Waals surface area contributed by atoms with E-state index in [-0.39, 0.29) is 24.1 Å². The van der Waals surface area contributed by atoms with E-state index in [9.17, 15) is 14.0 Å². The summed E-state index contributed by atoms with van der Waals surface area (Å²) in [6, 6.07) is 6.14. The molecule has 168 valence electrons. The second kappa shape index (κ2) is 10.5. The summed E-state index contributed by atoms with van der Waals surface area (Å²) in [5.74, 6) is -0.280. The molecule has 1 saturated heterocycles. The van der Waals surface area contributed by atoms with Crippen LogP contribution in [0.2, 0.25) is 0 Å². The fourth-order valence-corrected chi connectivity index (χ4v) is 3.73. The number of hydrogen-bond acceptors (Lipinski definition) is 5. The third-order valence-electron chi connectivity index (χ3n) is 5.56. The number of amides is 2. The van der Waals surface area contributed by atoms with Crippen molar-refractivity contribution in [1.82, 2.24) is 24.9 Å². The van der Waals surface area contributed by atoms with Crippen molar-refractivity contribution in [3.05, 3.63) is 47.0 Å². The van der Waals surface area contributed by atoms with Crippen LogP contribution in [0.25, 0.3) is 5.69 Å². The molecule has 1 aromatic carbocycles. The number of aromatic nitrogens is 2. The molecule has 1 fully saturated rings. The summed E-state index contributed by atoms with van der Waals surface area (Å²) in [6.07, 6.45) is 0.274. The van der Waals surface area contributed by atoms with Crippen molar-refractivity contribution < 1.29 is 18.7 Å². The van der Waals surface area contributed by atoms with Gasteiger partial charge in [0.2, 0.25) is 11.8 Å². The summed E-state index contributed by atoms with van der Waals surface area (Å²) < 4.78 is 19.9. The Morgan fingerprint density at radius 3 is 2.45 bits per heavy atom. The lowest BCUT2D eigenvalue weighted by atomic mass is 10.1. The molecule has 1 N–H and O–H groups in total. The van der Waals surface area contributed by atoms with Gasteiger partial charge in [-0.15, -0.1) is 0 Å². The molecule has 31 heavy (non-hydrogen) atoms. The van der Waals surface area contributed by atoms with Gasteiger partial charge in [-0.1, -0.05) is 0 Å². The van der Waals surface area contributed by atoms with E-state index in [1.54, 1.807) is 23.9 Å². The van der Waals surface area contributed by atoms with Gasteiger partial charge in [0.05, 0.1) is 31.0 Å². The molecule has 0 spiro atoms. The van der Waals surface area contributed by atoms with Crippen LogP contribution in [0.5, 0.6) is 0 Å². The first-order chi connectivity index (χ1) is 14.9. The van der Waals surface area contributed by atoms with E-state index in [4.69, 9.17) is 4.74 Å². The van der Waals surface area contributed by atoms with E-state index in [1.807, 2.05) is 18.7 Å². The summed E-state index contributed by atoms with van der Waals surface area (Å²) in [5, 5.41) is 7.36. The Labute approximate surface area is 182 Å². The van der Waals surface area contributed by atoms with Gasteiger partial charge in [0, 0.05) is 51.1 Å². The number of benzene rings is 1. The van der Waals surface area contributed by atoms with Crippen LogP contribution in [0, 0.1) is 19.7 Å². The number of hydrogen-bond donors (Lipinski definition) is 1. The number of carbonyl (C=O) groups excluding carboxylic acids is 2. The smallest absolute Gasteiger partial charge is 0.234 e. The number of nitrogens with zero attached hydrogens (tertiary/aromatic N) is 4. The third-order valence-corrected chi connectivity index (χ3v) is 5.56. The summed E-state index contributed by atoms with van der Waals surface area (Å²) >= 11 is 0. The predicted octanol–water partition coefficient (Wildman–Crippen LogP) is 1.08. The lowest BCUT2D eigenvalue weighted by molar-refractivity contribution is -0.132. The molecule has 2 aromatic rings. The largest absolute Gasteiger partial charge is 0.383 e. The van der Waals surface area contributed by atoms with E-state index in [0.29, 0.717) is 45.9 Å². The van der Waals surface area contributed by atoms with Crippen molar-refractivity contribution in [3.8, 4) is 5.69 Å². The van der Waals surface area contributed by atoms with Crippen molar-refractivity contribution in [1.29, 1.82) is 0 Å². The van der Waals surface area contributed by atoms with E-state index in [0.717, 1.165) is 22.6 Å². The summed E-state index contributed by atoms with van der Waals surface area (Å²) in [6.45, 7) is 7.63. The molecule has 1 aromatic heterocycles. The maximum Gasteiger partial charge on any atom is 0.234 e. The molecule has 2 heterocycles. The molecule has 0 radical (unpaired) electrons. The molecule has 0 unspecified atom stereocenters. The van der Waals surface area contributed by atoms with E-state index in [1.165, 1.54) is 12.1 Å². The maximum absolute atomic E-state index is 13.2. The molecule has 1 aliphatic heterocycles. The van der Waals surface area contributed by atoms with Gasteiger partial charge in [-0.3, -0.25) is 14.5 Å². The standard InChI is InChI=1S/C22H30FN5O3/c1-16-20(17(2)28(25-16)19-6-4-18(23)5-7-19)14-22(30)27-11-9-26(10-12-27)15-21(29)24-8-13-31-3/h4-7H,8-15H2,1-3H3,(H,24,29). The van der Waals surface area contributed by atoms with Crippen LogP contribution < -0.4 is 5.32 Å². The van der Waals surface area contributed by atoms with Gasteiger partial charge in [0.25, 0.3) is 0 Å². The zero-order valence-electron chi connectivity index (χ0n) is 18.4. The minimum absolute atomic E-state index is 0.0312. The topological polar surface area (TPSA) is 79.7 Å². The highest BCUT2D eigenvalue weighted by Crippen LogP contribution is 2.20. The van der Waals surface area contributed by atoms with Crippen LogP contribution in [0.1, 0.15) is 17.0 Å². The molecule has 1 aliphatic rings. The Bertz CT molecular complexity index is 905. The lowest BCUT2D eigenvalue weighted by Crippen LogP contribution is -2.51. The van der Waals surface area contributed by atoms with Crippen molar-refractivity contribution >= 4 is 11.8 Å². The summed E-state index contributed by atoms with van der Waals surface area (Å²) in [4.78, 5) is 28.7. The number of nitrogens with one attached hydrogen (secondary N) is 1. The van der Waals surface area contributed by atoms with Gasteiger partial charge in [0.1, 0.15) is 5.82 Å². The minimum atomic E-state index is -0.299. The van der Waals surface area contributed by atoms with Gasteiger partial charge in [-0.05, 0) is 38.1 Å². The van der Waals surface area contributed by atoms with Crippen LogP contribution >= 0.6 is 0 Å². The number of rotatable bonds is 8. The molecule has 0 saturated carbocycles. The molecule has 0 bridgehead atoms. The second-order valence-corrected chi connectivity index (χ2v) is 7.71. The predicted molar refractivity (Wildman–Crippen MR) is 115 cm³/mol. The van der Waals surface area contributed by atoms with Crippen molar-refractivity contribution in [3.63, 3.8) is 0 Å². The number of piperazine rings is 1. The van der Waals surface area contributed by atoms with Gasteiger partial charge >= 0.3 is 0 Å². The number of methoxy groups -OCH3 is 1. The van der Waals surface area contributed by atoms with Crippen molar-refractivity contribution in [2.45, 2.75) is 20.3 Å². The molecule has 3 rings (SSSR count). The van der Waals surface area contributed by atoms with Crippen LogP contribution in [0.3, 0.4) is 0 Å². The highest BCUT2D eigenvalue weighted by molar-refractivity contribution is 5.80. The highest BCUT2D eigenvalue weighted by atomic mass is 19.1. The number of halogens is 1. The number of carbonyl (C=O) groups is 2. The fraction of sp³-hybridized carbons (Fsp3) is 0.500. The monoisotopic (exact) mass is 431 g/mol. The zero-order chi connectivity index (χ0) is 22.4. The number of ether oxygens (including phenoxy) is 1.